The molecule has 2 aromatic heterocycles. The van der Waals surface area contributed by atoms with Crippen molar-refractivity contribution in [2.75, 3.05) is 0 Å². The molecule has 0 saturated carbocycles. The number of benzene rings is 2. The quantitative estimate of drug-likeness (QED) is 0.115. The molecule has 0 fully saturated rings. The number of carbonyl (C=O) groups excluding carboxylic acids is 4. The molecule has 0 aliphatic carbocycles. The predicted molar refractivity (Wildman–Crippen MR) is 187 cm³/mol. The Kier molecular flexibility index (Phi) is 13.9. The van der Waals surface area contributed by atoms with Crippen LogP contribution in [0.25, 0.3) is 0 Å². The van der Waals surface area contributed by atoms with Gasteiger partial charge in [0.05, 0.1) is 30.7 Å². The summed E-state index contributed by atoms with van der Waals surface area (Å²) in [6.07, 6.45) is 6.67. The zero-order valence-electron chi connectivity index (χ0n) is 29.0. The third-order valence-corrected chi connectivity index (χ3v) is 8.06. The minimum Gasteiger partial charge on any atom is -0.349 e. The van der Waals surface area contributed by atoms with Gasteiger partial charge >= 0.3 is 0 Å². The van der Waals surface area contributed by atoms with Gasteiger partial charge in [-0.05, 0) is 35.8 Å². The Labute approximate surface area is 292 Å². The second kappa shape index (κ2) is 18.5. The van der Waals surface area contributed by atoms with Crippen LogP contribution in [0.2, 0.25) is 0 Å². The summed E-state index contributed by atoms with van der Waals surface area (Å²) in [4.78, 5) is 52.5. The maximum atomic E-state index is 13.7. The molecule has 0 bridgehead atoms. The first-order valence-corrected chi connectivity index (χ1v) is 16.9. The molecule has 4 aromatic rings. The number of nitrogens with one attached hydrogen (secondary N) is 3. The molecule has 5 N–H and O–H groups in total. The standard InChI is InChI=1S/C36H47N10O4/c1-24(2)15-32(35(49)39-28(23-47)17-26-11-7-5-8-12-26)46-22-30(42-44-46)20-38-34(48)31(18-27-13-9-6-10-14-27)40-36(50)33(16-25(3)4)45-21-29(19-37)41-43-45/h5-14,21-22,24-25,28,31-33H,15-20,37H2,1-4H3,(H,38,48)(H,39,49)(H,40,50)/t28?,31-,32+,33+/m0/s1. The van der Waals surface area contributed by atoms with Crippen molar-refractivity contribution < 1.29 is 19.2 Å². The van der Waals surface area contributed by atoms with Crippen molar-refractivity contribution in [2.24, 2.45) is 17.6 Å². The average Bonchev–Trinajstić information content (AvgIpc) is 3.78. The number of rotatable bonds is 19. The summed E-state index contributed by atoms with van der Waals surface area (Å²) in [5, 5.41) is 25.2. The molecule has 4 atom stereocenters. The minimum atomic E-state index is -0.910. The molecule has 1 radical (unpaired) electrons. The van der Waals surface area contributed by atoms with Crippen molar-refractivity contribution in [1.82, 2.24) is 45.9 Å². The van der Waals surface area contributed by atoms with E-state index in [0.717, 1.165) is 11.1 Å². The van der Waals surface area contributed by atoms with Gasteiger partial charge in [0, 0.05) is 19.4 Å². The molecule has 0 saturated heterocycles. The van der Waals surface area contributed by atoms with E-state index in [-0.39, 0.29) is 43.2 Å². The van der Waals surface area contributed by atoms with E-state index >= 15 is 0 Å². The van der Waals surface area contributed by atoms with Gasteiger partial charge in [0.25, 0.3) is 0 Å². The number of hydrogen-bond donors (Lipinski definition) is 4. The van der Waals surface area contributed by atoms with Gasteiger partial charge in [0.2, 0.25) is 24.0 Å². The molecular formula is C36H47N10O4. The van der Waals surface area contributed by atoms with E-state index in [0.29, 0.717) is 30.7 Å². The summed E-state index contributed by atoms with van der Waals surface area (Å²) in [5.41, 5.74) is 8.46. The SMILES string of the molecule is CC(C)C[C@H](C(=O)NC([C]=O)Cc1ccccc1)n1cc(CNC(=O)[C@H](Cc2ccccc2)NC(=O)[C@@H](CC(C)C)n2cc(CN)nn2)nn1. The third kappa shape index (κ3) is 11.2. The van der Waals surface area contributed by atoms with Gasteiger partial charge in [-0.15, -0.1) is 10.2 Å². The highest BCUT2D eigenvalue weighted by atomic mass is 16.2. The molecule has 14 nitrogen and oxygen atoms in total. The zero-order valence-corrected chi connectivity index (χ0v) is 29.0. The van der Waals surface area contributed by atoms with Crippen LogP contribution in [0.1, 0.15) is 75.1 Å². The van der Waals surface area contributed by atoms with Gasteiger partial charge < -0.3 is 21.7 Å². The highest BCUT2D eigenvalue weighted by Crippen LogP contribution is 2.20. The maximum Gasteiger partial charge on any atom is 0.245 e. The second-order valence-corrected chi connectivity index (χ2v) is 13.2. The van der Waals surface area contributed by atoms with Crippen LogP contribution < -0.4 is 21.7 Å². The van der Waals surface area contributed by atoms with Gasteiger partial charge in [-0.2, -0.15) is 0 Å². The third-order valence-electron chi connectivity index (χ3n) is 8.06. The van der Waals surface area contributed by atoms with Crippen molar-refractivity contribution in [2.45, 2.75) is 90.6 Å². The molecule has 0 aliphatic rings. The summed E-state index contributed by atoms with van der Waals surface area (Å²) in [6.45, 7) is 8.17. The van der Waals surface area contributed by atoms with Gasteiger partial charge in [0.1, 0.15) is 23.8 Å². The molecule has 265 valence electrons. The molecule has 14 heteroatoms. The summed E-state index contributed by atoms with van der Waals surface area (Å²) in [6, 6.07) is 15.6. The van der Waals surface area contributed by atoms with Gasteiger partial charge in [-0.1, -0.05) is 98.8 Å². The molecule has 3 amide bonds. The predicted octanol–water partition coefficient (Wildman–Crippen LogP) is 2.38. The first-order valence-electron chi connectivity index (χ1n) is 16.9. The summed E-state index contributed by atoms with van der Waals surface area (Å²) >= 11 is 0. The number of nitrogens with two attached hydrogens (primary N) is 1. The Balaban J connectivity index is 1.46. The Morgan fingerprint density at radius 2 is 1.22 bits per heavy atom. The Hall–Kier alpha value is -5.24. The largest absolute Gasteiger partial charge is 0.349 e. The van der Waals surface area contributed by atoms with Gasteiger partial charge in [0.15, 0.2) is 0 Å². The normalized spacial score (nSPS) is 13.7. The fraction of sp³-hybridized carbons (Fsp3) is 0.444. The Morgan fingerprint density at radius 3 is 1.72 bits per heavy atom. The fourth-order valence-electron chi connectivity index (χ4n) is 5.54. The molecule has 1 unspecified atom stereocenters. The molecule has 0 spiro atoms. The highest BCUT2D eigenvalue weighted by Gasteiger charge is 2.29. The van der Waals surface area contributed by atoms with Crippen LogP contribution in [0.3, 0.4) is 0 Å². The summed E-state index contributed by atoms with van der Waals surface area (Å²) in [7, 11) is 0. The lowest BCUT2D eigenvalue weighted by Gasteiger charge is -2.23. The maximum absolute atomic E-state index is 13.7. The van der Waals surface area contributed by atoms with E-state index < -0.39 is 30.1 Å². The number of carbonyl (C=O) groups is 3. The Morgan fingerprint density at radius 1 is 0.720 bits per heavy atom. The van der Waals surface area contributed by atoms with E-state index in [1.54, 1.807) is 12.4 Å². The highest BCUT2D eigenvalue weighted by molar-refractivity contribution is 5.89. The smallest absolute Gasteiger partial charge is 0.245 e. The summed E-state index contributed by atoms with van der Waals surface area (Å²) < 4.78 is 2.95. The summed E-state index contributed by atoms with van der Waals surface area (Å²) in [5.74, 6) is -0.866. The van der Waals surface area contributed by atoms with E-state index in [1.807, 2.05) is 94.6 Å². The van der Waals surface area contributed by atoms with Crippen LogP contribution in [0, 0.1) is 11.8 Å². The first kappa shape index (κ1) is 37.6. The van der Waals surface area contributed by atoms with Crippen LogP contribution in [0.5, 0.6) is 0 Å². The van der Waals surface area contributed by atoms with Crippen molar-refractivity contribution in [1.29, 1.82) is 0 Å². The van der Waals surface area contributed by atoms with E-state index in [9.17, 15) is 19.2 Å². The molecule has 50 heavy (non-hydrogen) atoms. The lowest BCUT2D eigenvalue weighted by atomic mass is 10.0. The Bertz CT molecular complexity index is 1670. The number of hydrogen-bond acceptors (Lipinski definition) is 9. The average molecular weight is 684 g/mol. The number of amides is 3. The van der Waals surface area contributed by atoms with Crippen LogP contribution >= 0.6 is 0 Å². The van der Waals surface area contributed by atoms with Crippen LogP contribution in [0.15, 0.2) is 73.1 Å². The van der Waals surface area contributed by atoms with Crippen molar-refractivity contribution in [3.63, 3.8) is 0 Å². The molecule has 4 rings (SSSR count). The van der Waals surface area contributed by atoms with Crippen LogP contribution in [-0.4, -0.2) is 66.1 Å². The van der Waals surface area contributed by atoms with Crippen molar-refractivity contribution >= 4 is 24.0 Å². The van der Waals surface area contributed by atoms with E-state index in [2.05, 4.69) is 36.6 Å². The number of aromatic nitrogens is 6. The molecular weight excluding hydrogens is 636 g/mol. The van der Waals surface area contributed by atoms with Gasteiger partial charge in [-0.3, -0.25) is 19.2 Å². The van der Waals surface area contributed by atoms with Crippen molar-refractivity contribution in [3.05, 3.63) is 95.6 Å². The van der Waals surface area contributed by atoms with Gasteiger partial charge in [-0.25, -0.2) is 9.36 Å². The van der Waals surface area contributed by atoms with Crippen LogP contribution in [0.4, 0.5) is 0 Å². The molecule has 2 aromatic carbocycles. The monoisotopic (exact) mass is 683 g/mol. The van der Waals surface area contributed by atoms with E-state index in [4.69, 9.17) is 5.73 Å². The van der Waals surface area contributed by atoms with E-state index in [1.165, 1.54) is 9.36 Å². The van der Waals surface area contributed by atoms with Crippen LogP contribution in [-0.2, 0) is 45.1 Å². The van der Waals surface area contributed by atoms with Crippen molar-refractivity contribution in [3.8, 4) is 0 Å². The second-order valence-electron chi connectivity index (χ2n) is 13.2. The topological polar surface area (TPSA) is 192 Å². The lowest BCUT2D eigenvalue weighted by molar-refractivity contribution is -0.131. The molecule has 0 aliphatic heterocycles. The zero-order chi connectivity index (χ0) is 36.0. The number of nitrogens with zero attached hydrogens (tertiary/aromatic N) is 6. The minimum absolute atomic E-state index is 0.00706. The lowest BCUT2D eigenvalue weighted by Crippen LogP contribution is -2.50. The first-order chi connectivity index (χ1) is 24.1. The molecule has 2 heterocycles. The fourth-order valence-corrected chi connectivity index (χ4v) is 5.54.